The summed E-state index contributed by atoms with van der Waals surface area (Å²) in [6.07, 6.45) is 8.69. The molecule has 1 aromatic heterocycles. The summed E-state index contributed by atoms with van der Waals surface area (Å²) < 4.78 is 28.8. The van der Waals surface area contributed by atoms with Gasteiger partial charge in [0.25, 0.3) is 0 Å². The summed E-state index contributed by atoms with van der Waals surface area (Å²) in [5.41, 5.74) is 0. The number of hydrogen-bond donors (Lipinski definition) is 2. The average molecular weight is 382 g/mol. The molecule has 1 aliphatic heterocycles. The second-order valence-corrected chi connectivity index (χ2v) is 9.12. The summed E-state index contributed by atoms with van der Waals surface area (Å²) in [6.45, 7) is 5.77. The summed E-state index contributed by atoms with van der Waals surface area (Å²) in [7, 11) is -1.65. The van der Waals surface area contributed by atoms with E-state index in [1.807, 2.05) is 0 Å². The number of aliphatic imine (C=N–C) groups is 1. The summed E-state index contributed by atoms with van der Waals surface area (Å²) in [6, 6.07) is 1.60. The number of aromatic nitrogens is 1. The Balaban J connectivity index is 1.54. The number of fused-ring (bicyclic) bond motifs is 1. The SMILES string of the molecule is CCNC(=NCCNS(=O)(=O)c1ccn(C)c1)N1CC2CCCCC2C1. The van der Waals surface area contributed by atoms with E-state index in [1.54, 1.807) is 30.1 Å². The molecule has 2 atom stereocenters. The Hall–Kier alpha value is -1.54. The van der Waals surface area contributed by atoms with Crippen molar-refractivity contribution in [3.8, 4) is 0 Å². The van der Waals surface area contributed by atoms with Crippen molar-refractivity contribution in [1.82, 2.24) is 19.5 Å². The second kappa shape index (κ2) is 8.43. The lowest BCUT2D eigenvalue weighted by molar-refractivity contribution is 0.299. The van der Waals surface area contributed by atoms with E-state index in [4.69, 9.17) is 0 Å². The molecule has 0 bridgehead atoms. The van der Waals surface area contributed by atoms with Gasteiger partial charge in [-0.2, -0.15) is 0 Å². The number of aryl methyl sites for hydroxylation is 1. The van der Waals surface area contributed by atoms with E-state index < -0.39 is 10.0 Å². The van der Waals surface area contributed by atoms with Crippen LogP contribution >= 0.6 is 0 Å². The van der Waals surface area contributed by atoms with Gasteiger partial charge in [0.1, 0.15) is 0 Å². The van der Waals surface area contributed by atoms with Crippen LogP contribution in [-0.2, 0) is 17.1 Å². The largest absolute Gasteiger partial charge is 0.357 e. The molecule has 1 aliphatic carbocycles. The first kappa shape index (κ1) is 19.2. The molecule has 0 aromatic carbocycles. The fraction of sp³-hybridized carbons (Fsp3) is 0.722. The Morgan fingerprint density at radius 3 is 2.54 bits per heavy atom. The van der Waals surface area contributed by atoms with Crippen LogP contribution in [0, 0.1) is 11.8 Å². The van der Waals surface area contributed by atoms with Crippen molar-refractivity contribution in [2.45, 2.75) is 37.5 Å². The van der Waals surface area contributed by atoms with E-state index in [-0.39, 0.29) is 0 Å². The predicted octanol–water partition coefficient (Wildman–Crippen LogP) is 1.39. The number of nitrogens with zero attached hydrogens (tertiary/aromatic N) is 3. The third kappa shape index (κ3) is 4.59. The number of guanidine groups is 1. The van der Waals surface area contributed by atoms with Gasteiger partial charge >= 0.3 is 0 Å². The molecule has 2 fully saturated rings. The Kier molecular flexibility index (Phi) is 6.24. The molecule has 0 amide bonds. The molecule has 2 N–H and O–H groups in total. The normalized spacial score (nSPS) is 23.9. The summed E-state index contributed by atoms with van der Waals surface area (Å²) in [4.78, 5) is 7.30. The van der Waals surface area contributed by atoms with E-state index in [1.165, 1.54) is 25.7 Å². The second-order valence-electron chi connectivity index (χ2n) is 7.36. The Bertz CT molecular complexity index is 714. The van der Waals surface area contributed by atoms with Crippen LogP contribution in [0.3, 0.4) is 0 Å². The molecule has 7 nitrogen and oxygen atoms in total. The molecule has 8 heteroatoms. The van der Waals surface area contributed by atoms with Gasteiger partial charge in [-0.15, -0.1) is 0 Å². The minimum atomic E-state index is -3.46. The zero-order valence-corrected chi connectivity index (χ0v) is 16.6. The maximum Gasteiger partial charge on any atom is 0.242 e. The third-order valence-corrected chi connectivity index (χ3v) is 6.84. The van der Waals surface area contributed by atoms with Crippen LogP contribution in [-0.4, -0.2) is 56.6 Å². The third-order valence-electron chi connectivity index (χ3n) is 5.39. The first-order valence-corrected chi connectivity index (χ1v) is 11.1. The minimum Gasteiger partial charge on any atom is -0.357 e. The van der Waals surface area contributed by atoms with Gasteiger partial charge in [-0.25, -0.2) is 13.1 Å². The van der Waals surface area contributed by atoms with Gasteiger partial charge in [-0.05, 0) is 37.7 Å². The van der Waals surface area contributed by atoms with Crippen LogP contribution in [0.4, 0.5) is 0 Å². The van der Waals surface area contributed by atoms with Crippen LogP contribution in [0.1, 0.15) is 32.6 Å². The standard InChI is InChI=1S/C18H31N5O2S/c1-3-19-18(23-12-15-6-4-5-7-16(15)13-23)20-9-10-21-26(24,25)17-8-11-22(2)14-17/h8,11,14-16,21H,3-7,9-10,12-13H2,1-2H3,(H,19,20). The van der Waals surface area contributed by atoms with Crippen molar-refractivity contribution >= 4 is 16.0 Å². The smallest absolute Gasteiger partial charge is 0.242 e. The molecule has 3 rings (SSSR count). The fourth-order valence-corrected chi connectivity index (χ4v) is 5.14. The molecule has 2 aliphatic rings. The lowest BCUT2D eigenvalue weighted by Crippen LogP contribution is -2.41. The highest BCUT2D eigenvalue weighted by atomic mass is 32.2. The quantitative estimate of drug-likeness (QED) is 0.443. The minimum absolute atomic E-state index is 0.291. The van der Waals surface area contributed by atoms with Crippen LogP contribution < -0.4 is 10.0 Å². The first-order chi connectivity index (χ1) is 12.5. The average Bonchev–Trinajstić information content (AvgIpc) is 3.24. The van der Waals surface area contributed by atoms with Crippen molar-refractivity contribution in [1.29, 1.82) is 0 Å². The van der Waals surface area contributed by atoms with Gasteiger partial charge in [0.05, 0.1) is 11.4 Å². The molecule has 1 saturated carbocycles. The van der Waals surface area contributed by atoms with Gasteiger partial charge in [-0.1, -0.05) is 12.8 Å². The molecule has 0 radical (unpaired) electrons. The Morgan fingerprint density at radius 1 is 1.27 bits per heavy atom. The Morgan fingerprint density at radius 2 is 1.96 bits per heavy atom. The van der Waals surface area contributed by atoms with Gasteiger partial charge in [0, 0.05) is 45.6 Å². The summed E-state index contributed by atoms with van der Waals surface area (Å²) >= 11 is 0. The molecule has 26 heavy (non-hydrogen) atoms. The van der Waals surface area contributed by atoms with Gasteiger partial charge in [0.2, 0.25) is 10.0 Å². The van der Waals surface area contributed by atoms with Crippen molar-refractivity contribution in [2.75, 3.05) is 32.7 Å². The molecule has 2 heterocycles. The van der Waals surface area contributed by atoms with E-state index in [0.717, 1.165) is 37.4 Å². The zero-order chi connectivity index (χ0) is 18.6. The van der Waals surface area contributed by atoms with E-state index in [0.29, 0.717) is 18.0 Å². The number of sulfonamides is 1. The van der Waals surface area contributed by atoms with Crippen LogP contribution in [0.5, 0.6) is 0 Å². The number of rotatable bonds is 6. The zero-order valence-electron chi connectivity index (χ0n) is 15.8. The fourth-order valence-electron chi connectivity index (χ4n) is 4.07. The highest BCUT2D eigenvalue weighted by molar-refractivity contribution is 7.89. The monoisotopic (exact) mass is 381 g/mol. The van der Waals surface area contributed by atoms with Crippen molar-refractivity contribution in [3.63, 3.8) is 0 Å². The molecule has 1 aromatic rings. The van der Waals surface area contributed by atoms with Gasteiger partial charge in [0.15, 0.2) is 5.96 Å². The van der Waals surface area contributed by atoms with Crippen LogP contribution in [0.25, 0.3) is 0 Å². The molecule has 0 spiro atoms. The van der Waals surface area contributed by atoms with E-state index in [9.17, 15) is 8.42 Å². The number of nitrogens with one attached hydrogen (secondary N) is 2. The van der Waals surface area contributed by atoms with Gasteiger partial charge in [-0.3, -0.25) is 4.99 Å². The predicted molar refractivity (Wildman–Crippen MR) is 104 cm³/mol. The highest BCUT2D eigenvalue weighted by Crippen LogP contribution is 2.35. The maximum atomic E-state index is 12.2. The Labute approximate surface area is 156 Å². The molecular formula is C18H31N5O2S. The van der Waals surface area contributed by atoms with Crippen LogP contribution in [0.2, 0.25) is 0 Å². The highest BCUT2D eigenvalue weighted by Gasteiger charge is 2.35. The van der Waals surface area contributed by atoms with Crippen molar-refractivity contribution in [3.05, 3.63) is 18.5 Å². The van der Waals surface area contributed by atoms with Gasteiger partial charge < -0.3 is 14.8 Å². The molecular weight excluding hydrogens is 350 g/mol. The van der Waals surface area contributed by atoms with E-state index >= 15 is 0 Å². The van der Waals surface area contributed by atoms with Crippen molar-refractivity contribution in [2.24, 2.45) is 23.9 Å². The maximum absolute atomic E-state index is 12.2. The number of hydrogen-bond acceptors (Lipinski definition) is 3. The molecule has 146 valence electrons. The summed E-state index contributed by atoms with van der Waals surface area (Å²) in [5.74, 6) is 2.51. The van der Waals surface area contributed by atoms with Crippen LogP contribution in [0.15, 0.2) is 28.3 Å². The first-order valence-electron chi connectivity index (χ1n) is 9.64. The topological polar surface area (TPSA) is 78.7 Å². The van der Waals surface area contributed by atoms with E-state index in [2.05, 4.69) is 26.9 Å². The lowest BCUT2D eigenvalue weighted by Gasteiger charge is -2.22. The summed E-state index contributed by atoms with van der Waals surface area (Å²) in [5, 5.41) is 3.36. The molecule has 1 saturated heterocycles. The molecule has 2 unspecified atom stereocenters. The van der Waals surface area contributed by atoms with Crippen molar-refractivity contribution < 1.29 is 8.42 Å². The number of likely N-dealkylation sites (tertiary alicyclic amines) is 1. The lowest BCUT2D eigenvalue weighted by atomic mass is 9.82.